The van der Waals surface area contributed by atoms with Gasteiger partial charge in [0.25, 0.3) is 10.9 Å². The van der Waals surface area contributed by atoms with E-state index in [0.29, 0.717) is 24.5 Å². The molecule has 0 saturated carbocycles. The number of esters is 1. The lowest BCUT2D eigenvalue weighted by Crippen LogP contribution is -2.50. The van der Waals surface area contributed by atoms with Crippen molar-refractivity contribution in [2.45, 2.75) is 45.4 Å². The van der Waals surface area contributed by atoms with Crippen LogP contribution in [0.25, 0.3) is 0 Å². The summed E-state index contributed by atoms with van der Waals surface area (Å²) in [4.78, 5) is 40.4. The van der Waals surface area contributed by atoms with Crippen LogP contribution in [0.5, 0.6) is 0 Å². The molecule has 0 amide bonds. The van der Waals surface area contributed by atoms with E-state index >= 15 is 0 Å². The summed E-state index contributed by atoms with van der Waals surface area (Å²) >= 11 is 0. The highest BCUT2D eigenvalue weighted by Crippen LogP contribution is 2.30. The van der Waals surface area contributed by atoms with Crippen LogP contribution in [0.3, 0.4) is 0 Å². The van der Waals surface area contributed by atoms with Gasteiger partial charge in [0.15, 0.2) is 0 Å². The third kappa shape index (κ3) is 3.19. The first kappa shape index (κ1) is 17.0. The summed E-state index contributed by atoms with van der Waals surface area (Å²) in [5.41, 5.74) is 0.381. The fraction of sp³-hybridized carbons (Fsp3) is 0.722. The van der Waals surface area contributed by atoms with Gasteiger partial charge in [-0.25, -0.2) is 0 Å². The second-order valence-corrected chi connectivity index (χ2v) is 6.79. The number of rotatable bonds is 4. The summed E-state index contributed by atoms with van der Waals surface area (Å²) in [6.07, 6.45) is 6.09. The first-order chi connectivity index (χ1) is 11.6. The molecule has 2 aliphatic rings. The zero-order valence-electron chi connectivity index (χ0n) is 14.4. The average Bonchev–Trinajstić information content (AvgIpc) is 2.87. The normalized spacial score (nSPS) is 22.5. The summed E-state index contributed by atoms with van der Waals surface area (Å²) in [5, 5.41) is 0. The zero-order valence-corrected chi connectivity index (χ0v) is 14.4. The molecule has 3 rings (SSSR count). The fourth-order valence-electron chi connectivity index (χ4n) is 3.88. The van der Waals surface area contributed by atoms with E-state index in [9.17, 15) is 14.4 Å². The molecule has 1 unspecified atom stereocenters. The van der Waals surface area contributed by atoms with Crippen LogP contribution in [0.15, 0.2) is 9.59 Å². The standard InChI is InChI=1S/C18H26N2O4/c1-2-24-18(23)13-8-7-11-20(12-13)15-14(16(21)17(15)22)19-9-5-3-4-6-10-19/h13H,2-12H2,1H3. The molecule has 2 saturated heterocycles. The molecule has 1 aromatic rings. The molecule has 1 atom stereocenters. The van der Waals surface area contributed by atoms with Crippen molar-refractivity contribution in [1.82, 2.24) is 0 Å². The molecule has 0 aromatic heterocycles. The van der Waals surface area contributed by atoms with Crippen LogP contribution in [0, 0.1) is 5.92 Å². The molecule has 0 aliphatic carbocycles. The number of piperidine rings is 1. The average molecular weight is 334 g/mol. The van der Waals surface area contributed by atoms with E-state index in [1.54, 1.807) is 6.92 Å². The van der Waals surface area contributed by atoms with E-state index < -0.39 is 5.43 Å². The van der Waals surface area contributed by atoms with Crippen LogP contribution >= 0.6 is 0 Å². The minimum absolute atomic E-state index is 0.197. The topological polar surface area (TPSA) is 66.9 Å². The van der Waals surface area contributed by atoms with E-state index in [0.717, 1.165) is 45.3 Å². The molecule has 24 heavy (non-hydrogen) atoms. The third-order valence-electron chi connectivity index (χ3n) is 5.14. The number of carbonyl (C=O) groups is 1. The first-order valence-corrected chi connectivity index (χ1v) is 9.13. The van der Waals surface area contributed by atoms with Crippen molar-refractivity contribution in [1.29, 1.82) is 0 Å². The number of anilines is 2. The van der Waals surface area contributed by atoms with Crippen molar-refractivity contribution in [3.05, 3.63) is 20.4 Å². The number of carbonyl (C=O) groups excluding carboxylic acids is 1. The van der Waals surface area contributed by atoms with Gasteiger partial charge in [-0.3, -0.25) is 14.4 Å². The molecule has 6 heteroatoms. The van der Waals surface area contributed by atoms with Crippen LogP contribution in [0.2, 0.25) is 0 Å². The summed E-state index contributed by atoms with van der Waals surface area (Å²) in [7, 11) is 0. The van der Waals surface area contributed by atoms with E-state index in [-0.39, 0.29) is 17.3 Å². The minimum Gasteiger partial charge on any atom is -0.466 e. The van der Waals surface area contributed by atoms with Gasteiger partial charge in [-0.15, -0.1) is 0 Å². The largest absolute Gasteiger partial charge is 0.466 e. The maximum atomic E-state index is 12.2. The fourth-order valence-corrected chi connectivity index (χ4v) is 3.88. The lowest BCUT2D eigenvalue weighted by molar-refractivity contribution is -0.148. The minimum atomic E-state index is -0.390. The predicted molar refractivity (Wildman–Crippen MR) is 93.6 cm³/mol. The Morgan fingerprint density at radius 1 is 0.958 bits per heavy atom. The Morgan fingerprint density at radius 2 is 1.54 bits per heavy atom. The molecule has 2 fully saturated rings. The van der Waals surface area contributed by atoms with Crippen molar-refractivity contribution in [2.24, 2.45) is 5.92 Å². The molecule has 2 aliphatic heterocycles. The predicted octanol–water partition coefficient (Wildman–Crippen LogP) is 1.44. The Balaban J connectivity index is 1.79. The van der Waals surface area contributed by atoms with Gasteiger partial charge in [0.05, 0.1) is 12.5 Å². The molecule has 0 spiro atoms. The monoisotopic (exact) mass is 334 g/mol. The second kappa shape index (κ2) is 7.36. The van der Waals surface area contributed by atoms with E-state index in [2.05, 4.69) is 4.90 Å². The van der Waals surface area contributed by atoms with Crippen molar-refractivity contribution < 1.29 is 9.53 Å². The van der Waals surface area contributed by atoms with Crippen LogP contribution in [-0.2, 0) is 9.53 Å². The van der Waals surface area contributed by atoms with Gasteiger partial charge < -0.3 is 14.5 Å². The smallest absolute Gasteiger partial charge is 0.310 e. The molecule has 0 radical (unpaired) electrons. The Kier molecular flexibility index (Phi) is 5.21. The molecule has 6 nitrogen and oxygen atoms in total. The highest BCUT2D eigenvalue weighted by Gasteiger charge is 2.34. The van der Waals surface area contributed by atoms with Crippen LogP contribution in [0.4, 0.5) is 11.4 Å². The van der Waals surface area contributed by atoms with Crippen LogP contribution < -0.4 is 20.7 Å². The van der Waals surface area contributed by atoms with Gasteiger partial charge in [-0.2, -0.15) is 0 Å². The van der Waals surface area contributed by atoms with Gasteiger partial charge in [0.1, 0.15) is 11.4 Å². The Bertz CT molecular complexity index is 654. The Hall–Kier alpha value is -1.85. The number of ether oxygens (including phenoxy) is 1. The van der Waals surface area contributed by atoms with Crippen molar-refractivity contribution in [3.63, 3.8) is 0 Å². The maximum absolute atomic E-state index is 12.2. The summed E-state index contributed by atoms with van der Waals surface area (Å²) in [6, 6.07) is 0. The third-order valence-corrected chi connectivity index (χ3v) is 5.14. The van der Waals surface area contributed by atoms with Crippen molar-refractivity contribution in [3.8, 4) is 0 Å². The zero-order chi connectivity index (χ0) is 17.1. The quantitative estimate of drug-likeness (QED) is 0.613. The highest BCUT2D eigenvalue weighted by molar-refractivity contribution is 5.78. The Labute approximate surface area is 142 Å². The number of hydrogen-bond acceptors (Lipinski definition) is 6. The number of hydrogen-bond donors (Lipinski definition) is 0. The highest BCUT2D eigenvalue weighted by atomic mass is 16.5. The van der Waals surface area contributed by atoms with Crippen LogP contribution in [0.1, 0.15) is 45.4 Å². The number of nitrogens with zero attached hydrogens (tertiary/aromatic N) is 2. The van der Waals surface area contributed by atoms with Gasteiger partial charge in [0, 0.05) is 26.2 Å². The summed E-state index contributed by atoms with van der Waals surface area (Å²) < 4.78 is 5.12. The Morgan fingerprint density at radius 3 is 2.17 bits per heavy atom. The molecule has 0 N–H and O–H groups in total. The van der Waals surface area contributed by atoms with Gasteiger partial charge >= 0.3 is 5.97 Å². The lowest BCUT2D eigenvalue weighted by Gasteiger charge is -2.36. The first-order valence-electron chi connectivity index (χ1n) is 9.13. The molecular formula is C18H26N2O4. The van der Waals surface area contributed by atoms with Gasteiger partial charge in [-0.05, 0) is 32.6 Å². The molecule has 1 aromatic carbocycles. The van der Waals surface area contributed by atoms with E-state index in [1.807, 2.05) is 4.90 Å². The molecule has 132 valence electrons. The van der Waals surface area contributed by atoms with Gasteiger partial charge in [-0.1, -0.05) is 12.8 Å². The van der Waals surface area contributed by atoms with E-state index in [4.69, 9.17) is 4.74 Å². The molecular weight excluding hydrogens is 308 g/mol. The summed E-state index contributed by atoms with van der Waals surface area (Å²) in [5.74, 6) is -0.405. The second-order valence-electron chi connectivity index (χ2n) is 6.79. The van der Waals surface area contributed by atoms with Crippen molar-refractivity contribution in [2.75, 3.05) is 42.6 Å². The van der Waals surface area contributed by atoms with Crippen molar-refractivity contribution >= 4 is 17.3 Å². The van der Waals surface area contributed by atoms with Crippen LogP contribution in [-0.4, -0.2) is 38.8 Å². The van der Waals surface area contributed by atoms with E-state index in [1.165, 1.54) is 12.8 Å². The SMILES string of the molecule is CCOC(=O)C1CCCN(c2c(N3CCCCCC3)c(=O)c2=O)C1. The maximum Gasteiger partial charge on any atom is 0.310 e. The lowest BCUT2D eigenvalue weighted by atomic mass is 9.96. The molecule has 2 heterocycles. The molecule has 0 bridgehead atoms. The summed E-state index contributed by atoms with van der Waals surface area (Å²) in [6.45, 7) is 5.05. The van der Waals surface area contributed by atoms with Gasteiger partial charge in [0.2, 0.25) is 0 Å².